The van der Waals surface area contributed by atoms with Crippen LogP contribution in [0.4, 0.5) is 13.2 Å². The summed E-state index contributed by atoms with van der Waals surface area (Å²) < 4.78 is 64.0. The van der Waals surface area contributed by atoms with E-state index >= 15 is 0 Å². The first-order chi connectivity index (χ1) is 13.7. The molecule has 0 radical (unpaired) electrons. The highest BCUT2D eigenvalue weighted by molar-refractivity contribution is 7.89. The molecule has 2 aromatic rings. The molecule has 0 saturated carbocycles. The molecule has 10 heteroatoms. The summed E-state index contributed by atoms with van der Waals surface area (Å²) in [4.78, 5) is 4.55. The van der Waals surface area contributed by atoms with Gasteiger partial charge >= 0.3 is 6.18 Å². The van der Waals surface area contributed by atoms with Crippen molar-refractivity contribution in [3.63, 3.8) is 0 Å². The van der Waals surface area contributed by atoms with Gasteiger partial charge in [-0.3, -0.25) is 0 Å². The Labute approximate surface area is 168 Å². The monoisotopic (exact) mass is 428 g/mol. The van der Waals surface area contributed by atoms with Crippen molar-refractivity contribution < 1.29 is 21.6 Å². The predicted octanol–water partition coefficient (Wildman–Crippen LogP) is 2.87. The zero-order valence-electron chi connectivity index (χ0n) is 16.0. The summed E-state index contributed by atoms with van der Waals surface area (Å²) in [7, 11) is -2.20. The van der Waals surface area contributed by atoms with Crippen molar-refractivity contribution in [3.8, 4) is 0 Å². The van der Waals surface area contributed by atoms with Crippen LogP contribution >= 0.6 is 0 Å². The van der Waals surface area contributed by atoms with E-state index in [0.717, 1.165) is 12.1 Å². The standard InChI is InChI=1S/C19H23F3N4O2S/c1-3-24-18(25-12-14-7-9-16(10-8-14)19(20,21)22)26-13-15-5-4-6-17(11-15)29(27,28)23-2/h4-11,23H,3,12-13H2,1-2H3,(H2,24,25,26). The van der Waals surface area contributed by atoms with Gasteiger partial charge in [0.15, 0.2) is 5.96 Å². The third-order valence-electron chi connectivity index (χ3n) is 3.98. The van der Waals surface area contributed by atoms with Gasteiger partial charge in [0.25, 0.3) is 0 Å². The second kappa shape index (κ2) is 9.75. The maximum Gasteiger partial charge on any atom is 0.416 e. The number of hydrogen-bond donors (Lipinski definition) is 3. The number of aliphatic imine (C=N–C) groups is 1. The number of hydrogen-bond acceptors (Lipinski definition) is 3. The van der Waals surface area contributed by atoms with Crippen molar-refractivity contribution >= 4 is 16.0 Å². The lowest BCUT2D eigenvalue weighted by atomic mass is 10.1. The normalized spacial score (nSPS) is 12.7. The Balaban J connectivity index is 2.06. The molecule has 0 unspecified atom stereocenters. The van der Waals surface area contributed by atoms with Gasteiger partial charge in [0.2, 0.25) is 10.0 Å². The molecule has 0 heterocycles. The summed E-state index contributed by atoms with van der Waals surface area (Å²) in [5.41, 5.74) is 0.678. The summed E-state index contributed by atoms with van der Waals surface area (Å²) in [5, 5.41) is 6.09. The largest absolute Gasteiger partial charge is 0.416 e. The Bertz CT molecular complexity index is 943. The van der Waals surface area contributed by atoms with Crippen LogP contribution in [0.2, 0.25) is 0 Å². The van der Waals surface area contributed by atoms with Crippen LogP contribution in [0, 0.1) is 0 Å². The molecule has 0 saturated heterocycles. The lowest BCUT2D eigenvalue weighted by Crippen LogP contribution is -2.36. The number of alkyl halides is 3. The topological polar surface area (TPSA) is 82.6 Å². The van der Waals surface area contributed by atoms with E-state index in [1.807, 2.05) is 6.92 Å². The maximum absolute atomic E-state index is 12.6. The van der Waals surface area contributed by atoms with Crippen LogP contribution in [0.1, 0.15) is 23.6 Å². The van der Waals surface area contributed by atoms with E-state index in [0.29, 0.717) is 23.6 Å². The van der Waals surface area contributed by atoms with E-state index in [1.54, 1.807) is 12.1 Å². The zero-order chi connectivity index (χ0) is 21.5. The number of rotatable bonds is 7. The van der Waals surface area contributed by atoms with Gasteiger partial charge in [0.1, 0.15) is 0 Å². The molecule has 0 atom stereocenters. The molecule has 3 N–H and O–H groups in total. The molecule has 0 amide bonds. The van der Waals surface area contributed by atoms with Gasteiger partial charge in [-0.2, -0.15) is 13.2 Å². The Morgan fingerprint density at radius 3 is 2.31 bits per heavy atom. The molecular formula is C19H23F3N4O2S. The molecule has 29 heavy (non-hydrogen) atoms. The summed E-state index contributed by atoms with van der Waals surface area (Å²) in [6.07, 6.45) is -4.36. The number of nitrogens with zero attached hydrogens (tertiary/aromatic N) is 1. The SMILES string of the molecule is CCNC(=NCc1cccc(S(=O)(=O)NC)c1)NCc1ccc(C(F)(F)F)cc1. The molecule has 0 aromatic heterocycles. The van der Waals surface area contributed by atoms with E-state index in [-0.39, 0.29) is 18.0 Å². The molecule has 0 bridgehead atoms. The average molecular weight is 428 g/mol. The van der Waals surface area contributed by atoms with Gasteiger partial charge in [-0.05, 0) is 49.4 Å². The van der Waals surface area contributed by atoms with Gasteiger partial charge in [-0.25, -0.2) is 18.1 Å². The van der Waals surface area contributed by atoms with Crippen LogP contribution in [0.25, 0.3) is 0 Å². The van der Waals surface area contributed by atoms with Gasteiger partial charge in [-0.1, -0.05) is 24.3 Å². The van der Waals surface area contributed by atoms with Crippen molar-refractivity contribution in [1.82, 2.24) is 15.4 Å². The summed E-state index contributed by atoms with van der Waals surface area (Å²) in [6.45, 7) is 3.00. The lowest BCUT2D eigenvalue weighted by molar-refractivity contribution is -0.137. The van der Waals surface area contributed by atoms with Crippen molar-refractivity contribution in [2.75, 3.05) is 13.6 Å². The number of sulfonamides is 1. The molecule has 0 aliphatic rings. The van der Waals surface area contributed by atoms with Crippen molar-refractivity contribution in [3.05, 3.63) is 65.2 Å². The van der Waals surface area contributed by atoms with Crippen molar-refractivity contribution in [2.45, 2.75) is 31.1 Å². The van der Waals surface area contributed by atoms with E-state index in [4.69, 9.17) is 0 Å². The first-order valence-corrected chi connectivity index (χ1v) is 10.3. The van der Waals surface area contributed by atoms with E-state index in [9.17, 15) is 21.6 Å². The molecule has 0 aliphatic carbocycles. The Hall–Kier alpha value is -2.59. The fraction of sp³-hybridized carbons (Fsp3) is 0.316. The second-order valence-electron chi connectivity index (χ2n) is 6.10. The third-order valence-corrected chi connectivity index (χ3v) is 5.39. The minimum absolute atomic E-state index is 0.149. The fourth-order valence-corrected chi connectivity index (χ4v) is 3.24. The predicted molar refractivity (Wildman–Crippen MR) is 106 cm³/mol. The molecule has 158 valence electrons. The molecule has 2 aromatic carbocycles. The highest BCUT2D eigenvalue weighted by atomic mass is 32.2. The molecule has 0 fully saturated rings. The fourth-order valence-electron chi connectivity index (χ4n) is 2.44. The van der Waals surface area contributed by atoms with Crippen molar-refractivity contribution in [1.29, 1.82) is 0 Å². The van der Waals surface area contributed by atoms with Crippen molar-refractivity contribution in [2.24, 2.45) is 4.99 Å². The first-order valence-electron chi connectivity index (χ1n) is 8.86. The third kappa shape index (κ3) is 6.75. The van der Waals surface area contributed by atoms with Crippen LogP contribution in [-0.2, 0) is 29.3 Å². The molecular weight excluding hydrogens is 405 g/mol. The minimum atomic E-state index is -4.36. The van der Waals surface area contributed by atoms with E-state index in [2.05, 4.69) is 20.3 Å². The number of guanidine groups is 1. The average Bonchev–Trinajstić information content (AvgIpc) is 2.70. The van der Waals surface area contributed by atoms with E-state index in [1.165, 1.54) is 31.3 Å². The number of nitrogens with one attached hydrogen (secondary N) is 3. The summed E-state index contributed by atoms with van der Waals surface area (Å²) in [6, 6.07) is 11.3. The first kappa shape index (κ1) is 22.7. The van der Waals surface area contributed by atoms with Gasteiger partial charge in [0.05, 0.1) is 17.0 Å². The Morgan fingerprint density at radius 2 is 1.72 bits per heavy atom. The highest BCUT2D eigenvalue weighted by Crippen LogP contribution is 2.29. The number of benzene rings is 2. The van der Waals surface area contributed by atoms with Crippen LogP contribution in [0.15, 0.2) is 58.4 Å². The van der Waals surface area contributed by atoms with E-state index < -0.39 is 21.8 Å². The Morgan fingerprint density at radius 1 is 1.03 bits per heavy atom. The lowest BCUT2D eigenvalue weighted by Gasteiger charge is -2.12. The molecule has 2 rings (SSSR count). The van der Waals surface area contributed by atoms with Gasteiger partial charge in [0, 0.05) is 13.1 Å². The minimum Gasteiger partial charge on any atom is -0.357 e. The molecule has 0 spiro atoms. The van der Waals surface area contributed by atoms with Gasteiger partial charge < -0.3 is 10.6 Å². The van der Waals surface area contributed by atoms with Crippen LogP contribution in [0.5, 0.6) is 0 Å². The van der Waals surface area contributed by atoms with Crippen LogP contribution < -0.4 is 15.4 Å². The Kier molecular flexibility index (Phi) is 7.63. The maximum atomic E-state index is 12.6. The van der Waals surface area contributed by atoms with Crippen LogP contribution in [0.3, 0.4) is 0 Å². The smallest absolute Gasteiger partial charge is 0.357 e. The number of halogens is 3. The van der Waals surface area contributed by atoms with Crippen LogP contribution in [-0.4, -0.2) is 28.0 Å². The molecule has 0 aliphatic heterocycles. The zero-order valence-corrected chi connectivity index (χ0v) is 16.9. The second-order valence-corrected chi connectivity index (χ2v) is 7.98. The quantitative estimate of drug-likeness (QED) is 0.468. The van der Waals surface area contributed by atoms with Gasteiger partial charge in [-0.15, -0.1) is 0 Å². The highest BCUT2D eigenvalue weighted by Gasteiger charge is 2.29. The summed E-state index contributed by atoms with van der Waals surface area (Å²) >= 11 is 0. The molecule has 6 nitrogen and oxygen atoms in total. The summed E-state index contributed by atoms with van der Waals surface area (Å²) in [5.74, 6) is 0.467.